The number of rotatable bonds is 6. The number of aromatic nitrogens is 2. The second kappa shape index (κ2) is 7.45. The largest absolute Gasteiger partial charge is 0.466 e. The minimum absolute atomic E-state index is 0.162. The second-order valence-corrected chi connectivity index (χ2v) is 9.34. The molecule has 8 heteroatoms. The molecule has 7 nitrogen and oxygen atoms in total. The minimum Gasteiger partial charge on any atom is -0.466 e. The van der Waals surface area contributed by atoms with E-state index in [4.69, 9.17) is 9.84 Å². The average Bonchev–Trinajstić information content (AvgIpc) is 3.06. The van der Waals surface area contributed by atoms with Crippen LogP contribution in [0.25, 0.3) is 0 Å². The molecule has 1 aromatic rings. The van der Waals surface area contributed by atoms with E-state index >= 15 is 0 Å². The molecule has 0 amide bonds. The standard InChI is InChI=1S/C17H27N3O4S/c1-3-24-17(21)5-8-20-16-4-7-19(2)11-14(16)15(18-20)10-13-6-9-25(22,23)12-13/h13H,3-12H2,1-2H3. The molecule has 1 aromatic heterocycles. The Morgan fingerprint density at radius 2 is 2.20 bits per heavy atom. The highest BCUT2D eigenvalue weighted by atomic mass is 32.2. The quantitative estimate of drug-likeness (QED) is 0.690. The van der Waals surface area contributed by atoms with Gasteiger partial charge in [-0.05, 0) is 32.7 Å². The highest BCUT2D eigenvalue weighted by Crippen LogP contribution is 2.28. The predicted octanol–water partition coefficient (Wildman–Crippen LogP) is 0.801. The molecule has 140 valence electrons. The molecule has 0 radical (unpaired) electrons. The molecule has 0 bridgehead atoms. The Hall–Kier alpha value is -1.41. The van der Waals surface area contributed by atoms with E-state index in [1.54, 1.807) is 6.92 Å². The van der Waals surface area contributed by atoms with Crippen LogP contribution in [0, 0.1) is 5.92 Å². The molecule has 3 rings (SSSR count). The number of sulfone groups is 1. The summed E-state index contributed by atoms with van der Waals surface area (Å²) in [7, 11) is -0.789. The van der Waals surface area contributed by atoms with E-state index in [0.717, 1.165) is 31.6 Å². The summed E-state index contributed by atoms with van der Waals surface area (Å²) in [6.45, 7) is 4.52. The van der Waals surface area contributed by atoms with Gasteiger partial charge in [0.15, 0.2) is 9.84 Å². The molecule has 1 unspecified atom stereocenters. The number of fused-ring (bicyclic) bond motifs is 1. The molecule has 2 aliphatic rings. The summed E-state index contributed by atoms with van der Waals surface area (Å²) in [4.78, 5) is 13.9. The van der Waals surface area contributed by atoms with Gasteiger partial charge in [-0.15, -0.1) is 0 Å². The van der Waals surface area contributed by atoms with Gasteiger partial charge in [0.25, 0.3) is 0 Å². The van der Waals surface area contributed by atoms with Crippen LogP contribution in [0.2, 0.25) is 0 Å². The fourth-order valence-electron chi connectivity index (χ4n) is 3.78. The van der Waals surface area contributed by atoms with Crippen LogP contribution < -0.4 is 0 Å². The number of carbonyl (C=O) groups excluding carboxylic acids is 1. The number of hydrogen-bond acceptors (Lipinski definition) is 6. The molecule has 1 atom stereocenters. The SMILES string of the molecule is CCOC(=O)CCn1nc(CC2CCS(=O)(=O)C2)c2c1CCN(C)C2. The third kappa shape index (κ3) is 4.41. The van der Waals surface area contributed by atoms with Gasteiger partial charge < -0.3 is 9.64 Å². The van der Waals surface area contributed by atoms with Crippen LogP contribution in [0.3, 0.4) is 0 Å². The van der Waals surface area contributed by atoms with Crippen LogP contribution in [0.1, 0.15) is 36.7 Å². The average molecular weight is 369 g/mol. The first-order valence-corrected chi connectivity index (χ1v) is 10.8. The van der Waals surface area contributed by atoms with E-state index in [-0.39, 0.29) is 17.6 Å². The van der Waals surface area contributed by atoms with Crippen molar-refractivity contribution in [1.82, 2.24) is 14.7 Å². The van der Waals surface area contributed by atoms with Crippen molar-refractivity contribution in [3.63, 3.8) is 0 Å². The van der Waals surface area contributed by atoms with E-state index in [1.807, 2.05) is 4.68 Å². The zero-order valence-electron chi connectivity index (χ0n) is 15.0. The first-order valence-electron chi connectivity index (χ1n) is 9.00. The van der Waals surface area contributed by atoms with Crippen LogP contribution >= 0.6 is 0 Å². The number of likely N-dealkylation sites (N-methyl/N-ethyl adjacent to an activating group) is 1. The summed E-state index contributed by atoms with van der Waals surface area (Å²) in [5.74, 6) is 0.522. The molecule has 1 saturated heterocycles. The summed E-state index contributed by atoms with van der Waals surface area (Å²) in [5.41, 5.74) is 3.42. The van der Waals surface area contributed by atoms with Crippen molar-refractivity contribution < 1.29 is 17.9 Å². The lowest BCUT2D eigenvalue weighted by Crippen LogP contribution is -2.28. The third-order valence-electron chi connectivity index (χ3n) is 5.05. The maximum Gasteiger partial charge on any atom is 0.307 e. The van der Waals surface area contributed by atoms with E-state index in [2.05, 4.69) is 11.9 Å². The maximum atomic E-state index is 11.7. The monoisotopic (exact) mass is 369 g/mol. The topological polar surface area (TPSA) is 81.5 Å². The van der Waals surface area contributed by atoms with E-state index in [9.17, 15) is 13.2 Å². The van der Waals surface area contributed by atoms with Gasteiger partial charge >= 0.3 is 5.97 Å². The van der Waals surface area contributed by atoms with Crippen molar-refractivity contribution in [1.29, 1.82) is 0 Å². The lowest BCUT2D eigenvalue weighted by atomic mass is 9.97. The fourth-order valence-corrected chi connectivity index (χ4v) is 5.64. The van der Waals surface area contributed by atoms with Crippen molar-refractivity contribution in [2.45, 2.75) is 45.7 Å². The smallest absolute Gasteiger partial charge is 0.307 e. The number of ether oxygens (including phenoxy) is 1. The number of nitrogens with zero attached hydrogens (tertiary/aromatic N) is 3. The molecule has 2 aliphatic heterocycles. The molecule has 0 saturated carbocycles. The Labute approximate surface area is 149 Å². The summed E-state index contributed by atoms with van der Waals surface area (Å²) >= 11 is 0. The van der Waals surface area contributed by atoms with Gasteiger partial charge in [0.1, 0.15) is 0 Å². The highest BCUT2D eigenvalue weighted by Gasteiger charge is 2.31. The van der Waals surface area contributed by atoms with Gasteiger partial charge in [-0.25, -0.2) is 8.42 Å². The lowest BCUT2D eigenvalue weighted by molar-refractivity contribution is -0.143. The predicted molar refractivity (Wildman–Crippen MR) is 94.0 cm³/mol. The van der Waals surface area contributed by atoms with Crippen molar-refractivity contribution in [3.05, 3.63) is 17.0 Å². The van der Waals surface area contributed by atoms with Crippen LogP contribution in [0.15, 0.2) is 0 Å². The molecule has 1 fully saturated rings. The summed E-state index contributed by atoms with van der Waals surface area (Å²) in [5, 5.41) is 4.76. The van der Waals surface area contributed by atoms with Crippen molar-refractivity contribution in [2.75, 3.05) is 31.7 Å². The Morgan fingerprint density at radius 3 is 2.88 bits per heavy atom. The molecule has 0 spiro atoms. The number of carbonyl (C=O) groups is 1. The van der Waals surface area contributed by atoms with Gasteiger partial charge in [0.2, 0.25) is 0 Å². The molecular weight excluding hydrogens is 342 g/mol. The summed E-state index contributed by atoms with van der Waals surface area (Å²) < 4.78 is 30.4. The van der Waals surface area contributed by atoms with Gasteiger partial charge in [-0.1, -0.05) is 0 Å². The fraction of sp³-hybridized carbons (Fsp3) is 0.765. The van der Waals surface area contributed by atoms with Crippen LogP contribution in [-0.4, -0.2) is 60.8 Å². The van der Waals surface area contributed by atoms with E-state index in [0.29, 0.717) is 31.7 Å². The molecule has 3 heterocycles. The normalized spacial score (nSPS) is 22.7. The number of esters is 1. The van der Waals surface area contributed by atoms with Crippen LogP contribution in [0.5, 0.6) is 0 Å². The van der Waals surface area contributed by atoms with Gasteiger partial charge in [0.05, 0.1) is 36.8 Å². The zero-order valence-corrected chi connectivity index (χ0v) is 15.8. The van der Waals surface area contributed by atoms with Crippen LogP contribution in [0.4, 0.5) is 0 Å². The van der Waals surface area contributed by atoms with Gasteiger partial charge in [0, 0.05) is 30.8 Å². The molecule has 25 heavy (non-hydrogen) atoms. The van der Waals surface area contributed by atoms with Crippen molar-refractivity contribution >= 4 is 15.8 Å². The maximum absolute atomic E-state index is 11.7. The Kier molecular flexibility index (Phi) is 5.48. The molecular formula is C17H27N3O4S. The minimum atomic E-state index is -2.87. The molecule has 0 N–H and O–H groups in total. The molecule has 0 aromatic carbocycles. The third-order valence-corrected chi connectivity index (χ3v) is 6.89. The molecule has 0 aliphatic carbocycles. The van der Waals surface area contributed by atoms with Gasteiger partial charge in [-0.2, -0.15) is 5.10 Å². The zero-order chi connectivity index (χ0) is 18.0. The van der Waals surface area contributed by atoms with E-state index < -0.39 is 9.84 Å². The number of aryl methyl sites for hydroxylation is 1. The lowest BCUT2D eigenvalue weighted by Gasteiger charge is -2.24. The summed E-state index contributed by atoms with van der Waals surface area (Å²) in [6, 6.07) is 0. The second-order valence-electron chi connectivity index (χ2n) is 7.11. The number of hydrogen-bond donors (Lipinski definition) is 0. The Morgan fingerprint density at radius 1 is 1.40 bits per heavy atom. The first kappa shape index (κ1) is 18.4. The van der Waals surface area contributed by atoms with Crippen molar-refractivity contribution in [3.8, 4) is 0 Å². The first-order chi connectivity index (χ1) is 11.9. The van der Waals surface area contributed by atoms with E-state index in [1.165, 1.54) is 11.3 Å². The van der Waals surface area contributed by atoms with Crippen molar-refractivity contribution in [2.24, 2.45) is 5.92 Å². The van der Waals surface area contributed by atoms with Crippen LogP contribution in [-0.2, 0) is 45.3 Å². The highest BCUT2D eigenvalue weighted by molar-refractivity contribution is 7.91. The summed E-state index contributed by atoms with van der Waals surface area (Å²) in [6.07, 6.45) is 2.66. The van der Waals surface area contributed by atoms with Gasteiger partial charge in [-0.3, -0.25) is 9.48 Å². The Balaban J connectivity index is 1.77. The Bertz CT molecular complexity index is 741.